The average Bonchev–Trinajstić information content (AvgIpc) is 3.08. The highest BCUT2D eigenvalue weighted by Crippen LogP contribution is 2.32. The molecule has 0 fully saturated rings. The molecule has 2 heterocycles. The van der Waals surface area contributed by atoms with Gasteiger partial charge in [-0.2, -0.15) is 0 Å². The molecule has 3 heteroatoms. The number of thiazole rings is 1. The minimum Gasteiger partial charge on any atom is -0.289 e. The molecule has 2 aromatic carbocycles. The SMILES string of the molecule is CCc1ccc(-c2cn3c(n2)sc2ccc(C)c(C)c23)cc1. The van der Waals surface area contributed by atoms with Gasteiger partial charge < -0.3 is 0 Å². The molecule has 2 nitrogen and oxygen atoms in total. The van der Waals surface area contributed by atoms with Gasteiger partial charge in [0.1, 0.15) is 0 Å². The first-order valence-corrected chi connectivity index (χ1v) is 8.46. The molecule has 0 bridgehead atoms. The zero-order valence-electron chi connectivity index (χ0n) is 13.1. The average molecular weight is 306 g/mol. The lowest BCUT2D eigenvalue weighted by atomic mass is 10.1. The highest BCUT2D eigenvalue weighted by molar-refractivity contribution is 7.23. The van der Waals surface area contributed by atoms with Crippen molar-refractivity contribution in [1.82, 2.24) is 9.38 Å². The maximum absolute atomic E-state index is 4.83. The van der Waals surface area contributed by atoms with Crippen LogP contribution in [-0.2, 0) is 6.42 Å². The second-order valence-corrected chi connectivity index (χ2v) is 6.79. The number of fused-ring (bicyclic) bond motifs is 3. The van der Waals surface area contributed by atoms with Crippen LogP contribution in [0.4, 0.5) is 0 Å². The van der Waals surface area contributed by atoms with Gasteiger partial charge in [0.05, 0.1) is 15.9 Å². The summed E-state index contributed by atoms with van der Waals surface area (Å²) in [4.78, 5) is 5.90. The summed E-state index contributed by atoms with van der Waals surface area (Å²) < 4.78 is 3.55. The molecule has 0 spiro atoms. The van der Waals surface area contributed by atoms with Crippen molar-refractivity contribution in [3.8, 4) is 11.3 Å². The maximum atomic E-state index is 4.83. The molecule has 2 aromatic heterocycles. The van der Waals surface area contributed by atoms with Crippen molar-refractivity contribution in [2.24, 2.45) is 0 Å². The van der Waals surface area contributed by atoms with E-state index in [-0.39, 0.29) is 0 Å². The van der Waals surface area contributed by atoms with Crippen molar-refractivity contribution in [3.63, 3.8) is 0 Å². The van der Waals surface area contributed by atoms with Crippen molar-refractivity contribution in [2.75, 3.05) is 0 Å². The third-order valence-corrected chi connectivity index (χ3v) is 5.46. The van der Waals surface area contributed by atoms with E-state index in [9.17, 15) is 0 Å². The van der Waals surface area contributed by atoms with E-state index < -0.39 is 0 Å². The Kier molecular flexibility index (Phi) is 3.05. The van der Waals surface area contributed by atoms with Gasteiger partial charge in [0.25, 0.3) is 0 Å². The van der Waals surface area contributed by atoms with Gasteiger partial charge in [-0.1, -0.05) is 48.6 Å². The number of hydrogen-bond donors (Lipinski definition) is 0. The largest absolute Gasteiger partial charge is 0.289 e. The number of aryl methyl sites for hydroxylation is 3. The zero-order chi connectivity index (χ0) is 15.3. The van der Waals surface area contributed by atoms with Crippen LogP contribution in [0, 0.1) is 13.8 Å². The van der Waals surface area contributed by atoms with Crippen LogP contribution < -0.4 is 0 Å². The summed E-state index contributed by atoms with van der Waals surface area (Å²) in [5.74, 6) is 0. The Balaban J connectivity index is 1.91. The van der Waals surface area contributed by atoms with Crippen LogP contribution in [-0.4, -0.2) is 9.38 Å². The van der Waals surface area contributed by atoms with E-state index in [1.54, 1.807) is 11.3 Å². The number of rotatable bonds is 2. The molecule has 0 unspecified atom stereocenters. The molecule has 0 N–H and O–H groups in total. The number of benzene rings is 2. The molecule has 0 aliphatic rings. The highest BCUT2D eigenvalue weighted by atomic mass is 32.1. The molecule has 0 radical (unpaired) electrons. The molecule has 0 amide bonds. The molecule has 0 atom stereocenters. The number of imidazole rings is 1. The highest BCUT2D eigenvalue weighted by Gasteiger charge is 2.12. The topological polar surface area (TPSA) is 17.3 Å². The van der Waals surface area contributed by atoms with Gasteiger partial charge in [0.2, 0.25) is 0 Å². The van der Waals surface area contributed by atoms with Gasteiger partial charge in [-0.3, -0.25) is 4.40 Å². The lowest BCUT2D eigenvalue weighted by molar-refractivity contribution is 1.14. The molecule has 4 aromatic rings. The third kappa shape index (κ3) is 1.97. The third-order valence-electron chi connectivity index (χ3n) is 4.44. The summed E-state index contributed by atoms with van der Waals surface area (Å²) in [6.45, 7) is 6.54. The summed E-state index contributed by atoms with van der Waals surface area (Å²) in [6, 6.07) is 13.1. The van der Waals surface area contributed by atoms with Crippen LogP contribution in [0.15, 0.2) is 42.6 Å². The van der Waals surface area contributed by atoms with E-state index in [1.807, 2.05) is 0 Å². The van der Waals surface area contributed by atoms with Crippen LogP contribution in [0.25, 0.3) is 26.4 Å². The van der Waals surface area contributed by atoms with E-state index in [1.165, 1.54) is 32.5 Å². The van der Waals surface area contributed by atoms with Gasteiger partial charge in [-0.05, 0) is 43.0 Å². The maximum Gasteiger partial charge on any atom is 0.195 e. The first-order chi connectivity index (χ1) is 10.7. The molecule has 4 rings (SSSR count). The van der Waals surface area contributed by atoms with Gasteiger partial charge in [-0.15, -0.1) is 0 Å². The second-order valence-electron chi connectivity index (χ2n) is 5.79. The molecule has 110 valence electrons. The number of hydrogen-bond acceptors (Lipinski definition) is 2. The Bertz CT molecular complexity index is 974. The Morgan fingerprint density at radius 3 is 2.55 bits per heavy atom. The van der Waals surface area contributed by atoms with E-state index in [4.69, 9.17) is 4.98 Å². The summed E-state index contributed by atoms with van der Waals surface area (Å²) >= 11 is 1.76. The molecule has 0 aliphatic carbocycles. The van der Waals surface area contributed by atoms with E-state index in [2.05, 4.69) is 67.8 Å². The minimum absolute atomic E-state index is 1.05. The van der Waals surface area contributed by atoms with E-state index >= 15 is 0 Å². The minimum atomic E-state index is 1.05. The predicted molar refractivity (Wildman–Crippen MR) is 94.9 cm³/mol. The Morgan fingerprint density at radius 2 is 1.82 bits per heavy atom. The Labute approximate surface area is 134 Å². The monoisotopic (exact) mass is 306 g/mol. The van der Waals surface area contributed by atoms with Crippen molar-refractivity contribution in [3.05, 3.63) is 59.3 Å². The van der Waals surface area contributed by atoms with Gasteiger partial charge in [0, 0.05) is 11.8 Å². The quantitative estimate of drug-likeness (QED) is 0.485. The van der Waals surface area contributed by atoms with Crippen LogP contribution in [0.2, 0.25) is 0 Å². The lowest BCUT2D eigenvalue weighted by Gasteiger charge is -2.02. The Hall–Kier alpha value is -2.13. The lowest BCUT2D eigenvalue weighted by Crippen LogP contribution is -1.86. The van der Waals surface area contributed by atoms with Crippen LogP contribution >= 0.6 is 11.3 Å². The van der Waals surface area contributed by atoms with Crippen LogP contribution in [0.3, 0.4) is 0 Å². The summed E-state index contributed by atoms with van der Waals surface area (Å²) in [6.07, 6.45) is 3.24. The van der Waals surface area contributed by atoms with Crippen molar-refractivity contribution < 1.29 is 0 Å². The fourth-order valence-electron chi connectivity index (χ4n) is 2.90. The summed E-state index contributed by atoms with van der Waals surface area (Å²) in [7, 11) is 0. The van der Waals surface area contributed by atoms with Gasteiger partial charge in [0.15, 0.2) is 4.96 Å². The molecular weight excluding hydrogens is 288 g/mol. The molecule has 0 aliphatic heterocycles. The first kappa shape index (κ1) is 13.5. The fourth-order valence-corrected chi connectivity index (χ4v) is 3.97. The zero-order valence-corrected chi connectivity index (χ0v) is 13.9. The summed E-state index contributed by atoms with van der Waals surface area (Å²) in [5.41, 5.74) is 7.57. The Morgan fingerprint density at radius 1 is 1.05 bits per heavy atom. The smallest absolute Gasteiger partial charge is 0.195 e. The summed E-state index contributed by atoms with van der Waals surface area (Å²) in [5, 5.41) is 0. The fraction of sp³-hybridized carbons (Fsp3) is 0.211. The van der Waals surface area contributed by atoms with Crippen molar-refractivity contribution in [1.29, 1.82) is 0 Å². The van der Waals surface area contributed by atoms with Crippen LogP contribution in [0.5, 0.6) is 0 Å². The number of aromatic nitrogens is 2. The van der Waals surface area contributed by atoms with Gasteiger partial charge in [-0.25, -0.2) is 4.98 Å². The van der Waals surface area contributed by atoms with Crippen LogP contribution in [0.1, 0.15) is 23.6 Å². The molecule has 0 saturated heterocycles. The van der Waals surface area contributed by atoms with Crippen molar-refractivity contribution in [2.45, 2.75) is 27.2 Å². The number of nitrogens with zero attached hydrogens (tertiary/aromatic N) is 2. The second kappa shape index (κ2) is 4.96. The first-order valence-electron chi connectivity index (χ1n) is 7.64. The predicted octanol–water partition coefficient (Wildman–Crippen LogP) is 5.40. The molecule has 0 saturated carbocycles. The van der Waals surface area contributed by atoms with Gasteiger partial charge >= 0.3 is 0 Å². The molecular formula is C19H18N2S. The normalized spacial score (nSPS) is 11.6. The van der Waals surface area contributed by atoms with Crippen molar-refractivity contribution >= 4 is 26.5 Å². The van der Waals surface area contributed by atoms with E-state index in [0.717, 1.165) is 17.1 Å². The van der Waals surface area contributed by atoms with E-state index in [0.29, 0.717) is 0 Å². The molecule has 22 heavy (non-hydrogen) atoms. The standard InChI is InChI=1S/C19H18N2S/c1-4-14-6-8-15(9-7-14)16-11-21-18-13(3)12(2)5-10-17(18)22-19(21)20-16/h5-11H,4H2,1-3H3.